The van der Waals surface area contributed by atoms with E-state index in [0.29, 0.717) is 13.0 Å². The lowest BCUT2D eigenvalue weighted by Crippen LogP contribution is -2.54. The summed E-state index contributed by atoms with van der Waals surface area (Å²) in [5.41, 5.74) is -0.684. The summed E-state index contributed by atoms with van der Waals surface area (Å²) < 4.78 is 6.17. The quantitative estimate of drug-likeness (QED) is 0.583. The molecule has 0 saturated carbocycles. The molecule has 1 rings (SSSR count). The van der Waals surface area contributed by atoms with Crippen LogP contribution in [0.3, 0.4) is 0 Å². The standard InChI is InChI=1S/C14H25N3O2S2/c1-7-19-12(18)14(6,15-9(2)3)8-10(4)20-13-17-16-11(5)21-13/h9-10,15H,7-8H2,1-6H3. The molecule has 2 unspecified atom stereocenters. The molecule has 21 heavy (non-hydrogen) atoms. The first-order chi connectivity index (χ1) is 9.76. The van der Waals surface area contributed by atoms with Crippen molar-refractivity contribution >= 4 is 29.1 Å². The summed E-state index contributed by atoms with van der Waals surface area (Å²) in [6.07, 6.45) is 0.674. The van der Waals surface area contributed by atoms with Gasteiger partial charge in [0.1, 0.15) is 10.5 Å². The average molecular weight is 332 g/mol. The second-order valence-electron chi connectivity index (χ2n) is 5.57. The first-order valence-corrected chi connectivity index (χ1v) is 8.88. The molecule has 7 heteroatoms. The lowest BCUT2D eigenvalue weighted by atomic mass is 9.95. The summed E-state index contributed by atoms with van der Waals surface area (Å²) in [5, 5.41) is 12.7. The third-order valence-corrected chi connectivity index (χ3v) is 4.86. The number of carbonyl (C=O) groups is 1. The first-order valence-electron chi connectivity index (χ1n) is 7.18. The molecule has 0 radical (unpaired) electrons. The largest absolute Gasteiger partial charge is 0.465 e. The Hall–Kier alpha value is -0.660. The lowest BCUT2D eigenvalue weighted by molar-refractivity contribution is -0.151. The Morgan fingerprint density at radius 3 is 2.57 bits per heavy atom. The van der Waals surface area contributed by atoms with Crippen LogP contribution in [0.15, 0.2) is 4.34 Å². The number of thioether (sulfide) groups is 1. The van der Waals surface area contributed by atoms with Gasteiger partial charge in [-0.2, -0.15) is 0 Å². The monoisotopic (exact) mass is 331 g/mol. The van der Waals surface area contributed by atoms with Crippen LogP contribution in [-0.4, -0.2) is 39.6 Å². The summed E-state index contributed by atoms with van der Waals surface area (Å²) in [6.45, 7) is 12.2. The van der Waals surface area contributed by atoms with Crippen LogP contribution in [0, 0.1) is 6.92 Å². The highest BCUT2D eigenvalue weighted by Crippen LogP contribution is 2.31. The number of rotatable bonds is 8. The van der Waals surface area contributed by atoms with Gasteiger partial charge in [0.25, 0.3) is 0 Å². The molecule has 2 atom stereocenters. The lowest BCUT2D eigenvalue weighted by Gasteiger charge is -2.32. The molecule has 0 aliphatic carbocycles. The highest BCUT2D eigenvalue weighted by molar-refractivity contribution is 8.01. The number of aryl methyl sites for hydroxylation is 1. The molecule has 120 valence electrons. The van der Waals surface area contributed by atoms with Crippen molar-refractivity contribution in [1.29, 1.82) is 0 Å². The van der Waals surface area contributed by atoms with E-state index < -0.39 is 5.54 Å². The second kappa shape index (κ2) is 8.10. The van der Waals surface area contributed by atoms with E-state index in [1.807, 2.05) is 34.6 Å². The number of esters is 1. The highest BCUT2D eigenvalue weighted by Gasteiger charge is 2.37. The Balaban J connectivity index is 2.72. The Labute approximate surface area is 135 Å². The van der Waals surface area contributed by atoms with Crippen molar-refractivity contribution in [3.8, 4) is 0 Å². The van der Waals surface area contributed by atoms with Crippen LogP contribution in [0.1, 0.15) is 46.0 Å². The highest BCUT2D eigenvalue weighted by atomic mass is 32.2. The maximum Gasteiger partial charge on any atom is 0.326 e. The van der Waals surface area contributed by atoms with E-state index in [4.69, 9.17) is 4.74 Å². The van der Waals surface area contributed by atoms with Crippen molar-refractivity contribution < 1.29 is 9.53 Å². The minimum Gasteiger partial charge on any atom is -0.465 e. The molecule has 1 heterocycles. The number of nitrogens with one attached hydrogen (secondary N) is 1. The summed E-state index contributed by atoms with van der Waals surface area (Å²) in [6, 6.07) is 0.209. The normalized spacial score (nSPS) is 15.8. The van der Waals surface area contributed by atoms with Crippen LogP contribution < -0.4 is 5.32 Å². The number of aromatic nitrogens is 2. The topological polar surface area (TPSA) is 64.1 Å². The molecule has 1 N–H and O–H groups in total. The fourth-order valence-electron chi connectivity index (χ4n) is 2.24. The van der Waals surface area contributed by atoms with Crippen LogP contribution in [0.4, 0.5) is 0 Å². The van der Waals surface area contributed by atoms with Crippen molar-refractivity contribution in [3.05, 3.63) is 5.01 Å². The van der Waals surface area contributed by atoms with Crippen molar-refractivity contribution in [1.82, 2.24) is 15.5 Å². The molecule has 0 spiro atoms. The van der Waals surface area contributed by atoms with E-state index in [-0.39, 0.29) is 17.3 Å². The molecule has 0 amide bonds. The van der Waals surface area contributed by atoms with E-state index in [2.05, 4.69) is 22.4 Å². The van der Waals surface area contributed by atoms with Gasteiger partial charge in [0.05, 0.1) is 6.61 Å². The number of ether oxygens (including phenoxy) is 1. The van der Waals surface area contributed by atoms with Gasteiger partial charge in [-0.3, -0.25) is 10.1 Å². The zero-order valence-corrected chi connectivity index (χ0v) is 15.2. The predicted octanol–water partition coefficient (Wildman–Crippen LogP) is 3.04. The fourth-order valence-corrected chi connectivity index (χ4v) is 4.56. The van der Waals surface area contributed by atoms with E-state index in [1.165, 1.54) is 0 Å². The molecular formula is C14H25N3O2S2. The van der Waals surface area contributed by atoms with Gasteiger partial charge in [-0.05, 0) is 41.0 Å². The molecular weight excluding hydrogens is 306 g/mol. The Morgan fingerprint density at radius 1 is 1.43 bits per heavy atom. The maximum absolute atomic E-state index is 12.3. The second-order valence-corrected chi connectivity index (χ2v) is 8.44. The smallest absolute Gasteiger partial charge is 0.326 e. The molecule has 0 aliphatic heterocycles. The van der Waals surface area contributed by atoms with Crippen LogP contribution in [-0.2, 0) is 9.53 Å². The Bertz CT molecular complexity index is 465. The van der Waals surface area contributed by atoms with Gasteiger partial charge < -0.3 is 4.74 Å². The zero-order valence-electron chi connectivity index (χ0n) is 13.6. The van der Waals surface area contributed by atoms with Gasteiger partial charge in [-0.25, -0.2) is 0 Å². The average Bonchev–Trinajstić information content (AvgIpc) is 2.73. The summed E-state index contributed by atoms with van der Waals surface area (Å²) in [5.74, 6) is -0.195. The van der Waals surface area contributed by atoms with Crippen LogP contribution in [0.25, 0.3) is 0 Å². The molecule has 0 saturated heterocycles. The molecule has 5 nitrogen and oxygen atoms in total. The molecule has 0 aliphatic rings. The zero-order chi connectivity index (χ0) is 16.0. The molecule has 0 fully saturated rings. The minimum atomic E-state index is -0.684. The van der Waals surface area contributed by atoms with Gasteiger partial charge in [0.15, 0.2) is 4.34 Å². The van der Waals surface area contributed by atoms with Crippen LogP contribution in [0.5, 0.6) is 0 Å². The van der Waals surface area contributed by atoms with E-state index in [0.717, 1.165) is 9.35 Å². The van der Waals surface area contributed by atoms with Gasteiger partial charge in [0.2, 0.25) is 0 Å². The number of hydrogen-bond acceptors (Lipinski definition) is 7. The molecule has 1 aromatic heterocycles. The van der Waals surface area contributed by atoms with Gasteiger partial charge in [-0.15, -0.1) is 10.2 Å². The van der Waals surface area contributed by atoms with E-state index in [9.17, 15) is 4.79 Å². The number of carbonyl (C=O) groups excluding carboxylic acids is 1. The van der Waals surface area contributed by atoms with Crippen molar-refractivity contribution in [2.45, 2.75) is 69.1 Å². The third kappa shape index (κ3) is 5.92. The van der Waals surface area contributed by atoms with Gasteiger partial charge >= 0.3 is 5.97 Å². The van der Waals surface area contributed by atoms with Gasteiger partial charge in [0, 0.05) is 11.3 Å². The van der Waals surface area contributed by atoms with Gasteiger partial charge in [-0.1, -0.05) is 30.0 Å². The van der Waals surface area contributed by atoms with Crippen molar-refractivity contribution in [3.63, 3.8) is 0 Å². The SMILES string of the molecule is CCOC(=O)C(C)(CC(C)Sc1nnc(C)s1)NC(C)C. The predicted molar refractivity (Wildman–Crippen MR) is 87.9 cm³/mol. The van der Waals surface area contributed by atoms with E-state index >= 15 is 0 Å². The molecule has 0 bridgehead atoms. The first kappa shape index (κ1) is 18.4. The molecule has 0 aromatic carbocycles. The number of nitrogens with zero attached hydrogens (tertiary/aromatic N) is 2. The maximum atomic E-state index is 12.3. The summed E-state index contributed by atoms with van der Waals surface area (Å²) in [7, 11) is 0. The third-order valence-electron chi connectivity index (χ3n) is 2.84. The van der Waals surface area contributed by atoms with Crippen molar-refractivity contribution in [2.75, 3.05) is 6.61 Å². The number of hydrogen-bond donors (Lipinski definition) is 1. The van der Waals surface area contributed by atoms with Crippen LogP contribution >= 0.6 is 23.1 Å². The minimum absolute atomic E-state index is 0.195. The summed E-state index contributed by atoms with van der Waals surface area (Å²) >= 11 is 3.23. The Kier molecular flexibility index (Phi) is 7.09. The molecule has 1 aromatic rings. The van der Waals surface area contributed by atoms with Crippen molar-refractivity contribution in [2.24, 2.45) is 0 Å². The van der Waals surface area contributed by atoms with E-state index in [1.54, 1.807) is 23.1 Å². The Morgan fingerprint density at radius 2 is 2.10 bits per heavy atom. The van der Waals surface area contributed by atoms with Crippen LogP contribution in [0.2, 0.25) is 0 Å². The fraction of sp³-hybridized carbons (Fsp3) is 0.786. The summed E-state index contributed by atoms with van der Waals surface area (Å²) in [4.78, 5) is 12.3.